The number of nitrogens with zero attached hydrogens (tertiary/aromatic N) is 2. The molecule has 0 saturated carbocycles. The fourth-order valence-corrected chi connectivity index (χ4v) is 3.02. The van der Waals surface area contributed by atoms with Crippen LogP contribution in [0.25, 0.3) is 0 Å². The number of benzene rings is 1. The van der Waals surface area contributed by atoms with E-state index < -0.39 is 0 Å². The van der Waals surface area contributed by atoms with E-state index in [0.717, 1.165) is 6.67 Å². The van der Waals surface area contributed by atoms with Crippen LogP contribution in [0, 0.1) is 0 Å². The smallest absolute Gasteiger partial charge is 0.0941 e. The summed E-state index contributed by atoms with van der Waals surface area (Å²) in [5.41, 5.74) is 1.29. The van der Waals surface area contributed by atoms with E-state index in [1.807, 2.05) is 0 Å². The van der Waals surface area contributed by atoms with Gasteiger partial charge in [-0.1, -0.05) is 76.5 Å². The first-order valence-electron chi connectivity index (χ1n) is 9.14. The lowest BCUT2D eigenvalue weighted by molar-refractivity contribution is 0.388. The monoisotopic (exact) mass is 300 g/mol. The zero-order valence-electron chi connectivity index (χ0n) is 14.2. The van der Waals surface area contributed by atoms with Crippen molar-refractivity contribution in [2.75, 3.05) is 18.1 Å². The third-order valence-corrected chi connectivity index (χ3v) is 4.43. The van der Waals surface area contributed by atoms with Crippen molar-refractivity contribution in [2.45, 2.75) is 64.7 Å². The molecule has 0 N–H and O–H groups in total. The van der Waals surface area contributed by atoms with Crippen LogP contribution in [0.1, 0.15) is 64.7 Å². The minimum atomic E-state index is 1.00. The Bertz CT molecular complexity index is 413. The number of hydrogen-bond donors (Lipinski definition) is 0. The Balaban J connectivity index is 1.48. The van der Waals surface area contributed by atoms with Gasteiger partial charge < -0.3 is 9.80 Å². The van der Waals surface area contributed by atoms with Crippen molar-refractivity contribution >= 4 is 5.69 Å². The molecule has 0 aromatic heterocycles. The second-order valence-corrected chi connectivity index (χ2v) is 6.39. The lowest BCUT2D eigenvalue weighted by Gasteiger charge is -2.21. The van der Waals surface area contributed by atoms with Crippen LogP contribution in [0.3, 0.4) is 0 Å². The molecule has 1 aliphatic heterocycles. The first-order valence-corrected chi connectivity index (χ1v) is 9.14. The van der Waals surface area contributed by atoms with Crippen molar-refractivity contribution in [3.05, 3.63) is 42.7 Å². The van der Waals surface area contributed by atoms with Crippen molar-refractivity contribution in [1.82, 2.24) is 4.90 Å². The fourth-order valence-electron chi connectivity index (χ4n) is 3.02. The SMILES string of the molecule is CCCCCCCCCCCN1C=CN(c2ccccc2)C1. The normalized spacial score (nSPS) is 14.0. The Morgan fingerprint density at radius 1 is 0.773 bits per heavy atom. The van der Waals surface area contributed by atoms with Crippen LogP contribution in [0.5, 0.6) is 0 Å². The van der Waals surface area contributed by atoms with Crippen LogP contribution >= 0.6 is 0 Å². The second kappa shape index (κ2) is 10.3. The molecule has 2 nitrogen and oxygen atoms in total. The highest BCUT2D eigenvalue weighted by Gasteiger charge is 2.12. The van der Waals surface area contributed by atoms with Gasteiger partial charge in [-0.25, -0.2) is 0 Å². The van der Waals surface area contributed by atoms with Crippen LogP contribution in [-0.4, -0.2) is 18.1 Å². The van der Waals surface area contributed by atoms with Gasteiger partial charge in [-0.05, 0) is 18.6 Å². The molecule has 0 fully saturated rings. The molecule has 0 atom stereocenters. The zero-order chi connectivity index (χ0) is 15.5. The molecule has 0 unspecified atom stereocenters. The quantitative estimate of drug-likeness (QED) is 0.479. The van der Waals surface area contributed by atoms with Gasteiger partial charge in [0.05, 0.1) is 6.67 Å². The van der Waals surface area contributed by atoms with Crippen LogP contribution in [-0.2, 0) is 0 Å². The Morgan fingerprint density at radius 3 is 2.09 bits per heavy atom. The summed E-state index contributed by atoms with van der Waals surface area (Å²) in [6, 6.07) is 10.6. The van der Waals surface area contributed by atoms with Crippen molar-refractivity contribution in [3.63, 3.8) is 0 Å². The molecule has 0 amide bonds. The highest BCUT2D eigenvalue weighted by Crippen LogP contribution is 2.19. The van der Waals surface area contributed by atoms with E-state index in [0.29, 0.717) is 0 Å². The second-order valence-electron chi connectivity index (χ2n) is 6.39. The molecule has 1 aromatic rings. The molecule has 0 saturated heterocycles. The Kier molecular flexibility index (Phi) is 7.93. The minimum Gasteiger partial charge on any atom is -0.358 e. The van der Waals surface area contributed by atoms with E-state index in [-0.39, 0.29) is 0 Å². The number of rotatable bonds is 11. The van der Waals surface area contributed by atoms with Gasteiger partial charge in [0, 0.05) is 24.6 Å². The molecule has 1 aromatic carbocycles. The summed E-state index contributed by atoms with van der Waals surface area (Å²) in [5.74, 6) is 0. The summed E-state index contributed by atoms with van der Waals surface area (Å²) < 4.78 is 0. The van der Waals surface area contributed by atoms with E-state index in [9.17, 15) is 0 Å². The average Bonchev–Trinajstić information content (AvgIpc) is 3.03. The van der Waals surface area contributed by atoms with Gasteiger partial charge in [-0.3, -0.25) is 0 Å². The Hall–Kier alpha value is -1.44. The summed E-state index contributed by atoms with van der Waals surface area (Å²) in [7, 11) is 0. The highest BCUT2D eigenvalue weighted by molar-refractivity contribution is 5.49. The van der Waals surface area contributed by atoms with Gasteiger partial charge in [0.2, 0.25) is 0 Å². The highest BCUT2D eigenvalue weighted by atomic mass is 15.3. The zero-order valence-corrected chi connectivity index (χ0v) is 14.2. The molecule has 2 heteroatoms. The maximum absolute atomic E-state index is 2.42. The first kappa shape index (κ1) is 16.9. The van der Waals surface area contributed by atoms with E-state index in [4.69, 9.17) is 0 Å². The molecule has 2 rings (SSSR count). The number of hydrogen-bond acceptors (Lipinski definition) is 2. The molecular weight excluding hydrogens is 268 g/mol. The third-order valence-electron chi connectivity index (χ3n) is 4.43. The summed E-state index contributed by atoms with van der Waals surface area (Å²) in [4.78, 5) is 4.74. The first-order chi connectivity index (χ1) is 10.9. The Labute approximate surface area is 136 Å². The van der Waals surface area contributed by atoms with Crippen LogP contribution < -0.4 is 4.90 Å². The summed E-state index contributed by atoms with van der Waals surface area (Å²) in [6.45, 7) is 4.47. The van der Waals surface area contributed by atoms with Crippen molar-refractivity contribution in [1.29, 1.82) is 0 Å². The molecule has 0 aliphatic carbocycles. The number of anilines is 1. The molecule has 1 heterocycles. The minimum absolute atomic E-state index is 1.00. The molecule has 22 heavy (non-hydrogen) atoms. The predicted octanol–water partition coefficient (Wildman–Crippen LogP) is 5.77. The summed E-state index contributed by atoms with van der Waals surface area (Å²) in [5, 5.41) is 0. The number of para-hydroxylation sites is 1. The van der Waals surface area contributed by atoms with Crippen molar-refractivity contribution in [2.24, 2.45) is 0 Å². The molecule has 0 bridgehead atoms. The summed E-state index contributed by atoms with van der Waals surface area (Å²) >= 11 is 0. The van der Waals surface area contributed by atoms with Crippen LogP contribution in [0.15, 0.2) is 42.7 Å². The maximum Gasteiger partial charge on any atom is 0.0941 e. The lowest BCUT2D eigenvalue weighted by Crippen LogP contribution is -2.25. The van der Waals surface area contributed by atoms with Crippen LogP contribution in [0.4, 0.5) is 5.69 Å². The molecule has 0 spiro atoms. The fraction of sp³-hybridized carbons (Fsp3) is 0.600. The van der Waals surface area contributed by atoms with Gasteiger partial charge in [0.25, 0.3) is 0 Å². The van der Waals surface area contributed by atoms with E-state index in [2.05, 4.69) is 59.5 Å². The van der Waals surface area contributed by atoms with Crippen LogP contribution in [0.2, 0.25) is 0 Å². The van der Waals surface area contributed by atoms with Gasteiger partial charge in [-0.2, -0.15) is 0 Å². The molecule has 122 valence electrons. The predicted molar refractivity (Wildman–Crippen MR) is 96.9 cm³/mol. The van der Waals surface area contributed by atoms with E-state index >= 15 is 0 Å². The van der Waals surface area contributed by atoms with Gasteiger partial charge >= 0.3 is 0 Å². The molecule has 0 radical (unpaired) electrons. The summed E-state index contributed by atoms with van der Waals surface area (Å²) in [6.07, 6.45) is 17.0. The Morgan fingerprint density at radius 2 is 1.41 bits per heavy atom. The van der Waals surface area contributed by atoms with E-state index in [1.54, 1.807) is 0 Å². The average molecular weight is 300 g/mol. The van der Waals surface area contributed by atoms with Crippen molar-refractivity contribution in [3.8, 4) is 0 Å². The topological polar surface area (TPSA) is 6.48 Å². The number of unbranched alkanes of at least 4 members (excludes halogenated alkanes) is 8. The maximum atomic E-state index is 2.42. The van der Waals surface area contributed by atoms with Crippen molar-refractivity contribution < 1.29 is 0 Å². The molecule has 1 aliphatic rings. The standard InChI is InChI=1S/C20H32N2/c1-2-3-4-5-6-7-8-9-13-16-21-17-18-22(19-21)20-14-11-10-12-15-20/h10-12,14-15,17-18H,2-9,13,16,19H2,1H3. The van der Waals surface area contributed by atoms with Gasteiger partial charge in [-0.15, -0.1) is 0 Å². The third kappa shape index (κ3) is 6.13. The largest absolute Gasteiger partial charge is 0.358 e. The van der Waals surface area contributed by atoms with Gasteiger partial charge in [0.1, 0.15) is 0 Å². The lowest BCUT2D eigenvalue weighted by atomic mass is 10.1. The van der Waals surface area contributed by atoms with E-state index in [1.165, 1.54) is 70.0 Å². The van der Waals surface area contributed by atoms with Gasteiger partial charge in [0.15, 0.2) is 0 Å². The molecular formula is C20H32N2.